The lowest BCUT2D eigenvalue weighted by Crippen LogP contribution is -2.46. The van der Waals surface area contributed by atoms with Crippen molar-refractivity contribution in [1.29, 1.82) is 0 Å². The van der Waals surface area contributed by atoms with Gasteiger partial charge in [-0.2, -0.15) is 13.2 Å². The van der Waals surface area contributed by atoms with Crippen molar-refractivity contribution < 1.29 is 13.2 Å². The van der Waals surface area contributed by atoms with Gasteiger partial charge >= 0.3 is 6.18 Å². The van der Waals surface area contributed by atoms with Gasteiger partial charge in [0.15, 0.2) is 5.96 Å². The first-order valence-corrected chi connectivity index (χ1v) is 10.6. The molecule has 2 N–H and O–H groups in total. The highest BCUT2D eigenvalue weighted by Gasteiger charge is 2.30. The van der Waals surface area contributed by atoms with E-state index in [-0.39, 0.29) is 30.5 Å². The molecule has 1 aliphatic heterocycles. The summed E-state index contributed by atoms with van der Waals surface area (Å²) in [5.41, 5.74) is -0.0915. The molecule has 5 nitrogen and oxygen atoms in total. The highest BCUT2D eigenvalue weighted by atomic mass is 127. The summed E-state index contributed by atoms with van der Waals surface area (Å²) in [5, 5.41) is 6.43. The topological polar surface area (TPSA) is 42.9 Å². The SMILES string of the molecule is CCNC(=NCc1cccc(C(F)(F)F)c1)NCCCCN1CCN(CC)CC1.I. The van der Waals surface area contributed by atoms with Crippen molar-refractivity contribution in [1.82, 2.24) is 20.4 Å². The molecule has 0 unspecified atom stereocenters. The predicted molar refractivity (Wildman–Crippen MR) is 127 cm³/mol. The monoisotopic (exact) mass is 541 g/mol. The Labute approximate surface area is 195 Å². The molecule has 0 amide bonds. The van der Waals surface area contributed by atoms with Crippen molar-refractivity contribution in [3.05, 3.63) is 35.4 Å². The van der Waals surface area contributed by atoms with E-state index < -0.39 is 11.7 Å². The summed E-state index contributed by atoms with van der Waals surface area (Å²) >= 11 is 0. The molecular weight excluding hydrogens is 506 g/mol. The summed E-state index contributed by atoms with van der Waals surface area (Å²) in [5.74, 6) is 0.640. The van der Waals surface area contributed by atoms with Crippen LogP contribution in [0.3, 0.4) is 0 Å². The maximum absolute atomic E-state index is 12.8. The van der Waals surface area contributed by atoms with Crippen molar-refractivity contribution in [3.63, 3.8) is 0 Å². The number of piperazine rings is 1. The smallest absolute Gasteiger partial charge is 0.357 e. The third kappa shape index (κ3) is 9.82. The minimum atomic E-state index is -4.33. The molecule has 1 aromatic rings. The Balaban J connectivity index is 0.00000450. The van der Waals surface area contributed by atoms with E-state index >= 15 is 0 Å². The number of rotatable bonds is 9. The molecule has 0 spiro atoms. The zero-order valence-electron chi connectivity index (χ0n) is 18.0. The molecule has 9 heteroatoms. The Morgan fingerprint density at radius 1 is 1.03 bits per heavy atom. The average molecular weight is 541 g/mol. The zero-order valence-corrected chi connectivity index (χ0v) is 20.3. The number of aliphatic imine (C=N–C) groups is 1. The number of nitrogens with zero attached hydrogens (tertiary/aromatic N) is 3. The minimum absolute atomic E-state index is 0. The second-order valence-corrected chi connectivity index (χ2v) is 7.30. The van der Waals surface area contributed by atoms with Crippen LogP contribution in [0.1, 0.15) is 37.8 Å². The molecule has 1 aromatic carbocycles. The molecule has 0 atom stereocenters. The van der Waals surface area contributed by atoms with Gasteiger partial charge in [-0.25, -0.2) is 4.99 Å². The Bertz CT molecular complexity index is 631. The number of halogens is 4. The maximum atomic E-state index is 12.8. The summed E-state index contributed by atoms with van der Waals surface area (Å²) in [7, 11) is 0. The second kappa shape index (κ2) is 14.1. The van der Waals surface area contributed by atoms with Gasteiger partial charge in [-0.15, -0.1) is 24.0 Å². The van der Waals surface area contributed by atoms with Crippen LogP contribution < -0.4 is 10.6 Å². The Hall–Kier alpha value is -1.07. The predicted octanol–water partition coefficient (Wildman–Crippen LogP) is 3.80. The van der Waals surface area contributed by atoms with Crippen molar-refractivity contribution in [2.75, 3.05) is 52.4 Å². The fourth-order valence-corrected chi connectivity index (χ4v) is 3.35. The molecular formula is C21H35F3IN5. The molecule has 30 heavy (non-hydrogen) atoms. The molecule has 0 aromatic heterocycles. The van der Waals surface area contributed by atoms with Crippen LogP contribution in [-0.4, -0.2) is 68.1 Å². The van der Waals surface area contributed by atoms with E-state index in [0.29, 0.717) is 18.1 Å². The standard InChI is InChI=1S/C21H34F3N5.HI/c1-3-25-20(27-17-18-8-7-9-19(16-18)21(22,23)24)26-10-5-6-11-29-14-12-28(4-2)13-15-29;/h7-9,16H,3-6,10-15,17H2,1-2H3,(H2,25,26,27);1H. The highest BCUT2D eigenvalue weighted by Crippen LogP contribution is 2.29. The van der Waals surface area contributed by atoms with E-state index in [9.17, 15) is 13.2 Å². The van der Waals surface area contributed by atoms with Gasteiger partial charge in [-0.05, 0) is 50.6 Å². The van der Waals surface area contributed by atoms with Crippen molar-refractivity contribution in [2.45, 2.75) is 39.4 Å². The van der Waals surface area contributed by atoms with Crippen LogP contribution in [0.4, 0.5) is 13.2 Å². The molecule has 172 valence electrons. The van der Waals surface area contributed by atoms with Gasteiger partial charge in [0, 0.05) is 39.3 Å². The van der Waals surface area contributed by atoms with Gasteiger partial charge in [0.25, 0.3) is 0 Å². The van der Waals surface area contributed by atoms with E-state index in [1.54, 1.807) is 6.07 Å². The summed E-state index contributed by atoms with van der Waals surface area (Å²) in [6.45, 7) is 12.7. The number of hydrogen-bond donors (Lipinski definition) is 2. The molecule has 1 heterocycles. The molecule has 1 fully saturated rings. The molecule has 1 saturated heterocycles. The molecule has 0 saturated carbocycles. The van der Waals surface area contributed by atoms with Crippen LogP contribution in [0.15, 0.2) is 29.3 Å². The Morgan fingerprint density at radius 3 is 2.37 bits per heavy atom. The van der Waals surface area contributed by atoms with E-state index in [1.165, 1.54) is 6.07 Å². The van der Waals surface area contributed by atoms with Crippen LogP contribution in [0.5, 0.6) is 0 Å². The summed E-state index contributed by atoms with van der Waals surface area (Å²) in [4.78, 5) is 9.41. The summed E-state index contributed by atoms with van der Waals surface area (Å²) in [6.07, 6.45) is -2.18. The molecule has 2 rings (SSSR count). The maximum Gasteiger partial charge on any atom is 0.416 e. The first-order valence-electron chi connectivity index (χ1n) is 10.6. The van der Waals surface area contributed by atoms with E-state index in [4.69, 9.17) is 0 Å². The third-order valence-electron chi connectivity index (χ3n) is 5.12. The summed E-state index contributed by atoms with van der Waals surface area (Å²) in [6, 6.07) is 5.33. The van der Waals surface area contributed by atoms with E-state index in [1.807, 2.05) is 6.92 Å². The fraction of sp³-hybridized carbons (Fsp3) is 0.667. The van der Waals surface area contributed by atoms with Gasteiger partial charge in [-0.3, -0.25) is 0 Å². The Morgan fingerprint density at radius 2 is 1.73 bits per heavy atom. The number of nitrogens with one attached hydrogen (secondary N) is 2. The minimum Gasteiger partial charge on any atom is -0.357 e. The van der Waals surface area contributed by atoms with Crippen LogP contribution in [0, 0.1) is 0 Å². The Kier molecular flexibility index (Phi) is 12.7. The van der Waals surface area contributed by atoms with Gasteiger partial charge < -0.3 is 20.4 Å². The van der Waals surface area contributed by atoms with Gasteiger partial charge in [0.1, 0.15) is 0 Å². The van der Waals surface area contributed by atoms with Gasteiger partial charge in [-0.1, -0.05) is 19.1 Å². The molecule has 0 radical (unpaired) electrons. The normalized spacial score (nSPS) is 16.2. The quantitative estimate of drug-likeness (QED) is 0.216. The lowest BCUT2D eigenvalue weighted by Gasteiger charge is -2.34. The number of guanidine groups is 1. The van der Waals surface area contributed by atoms with Crippen LogP contribution >= 0.6 is 24.0 Å². The molecule has 0 bridgehead atoms. The van der Waals surface area contributed by atoms with Crippen LogP contribution in [0.25, 0.3) is 0 Å². The number of unbranched alkanes of at least 4 members (excludes halogenated alkanes) is 1. The number of hydrogen-bond acceptors (Lipinski definition) is 3. The van der Waals surface area contributed by atoms with Crippen molar-refractivity contribution >= 4 is 29.9 Å². The van der Waals surface area contributed by atoms with Gasteiger partial charge in [0.05, 0.1) is 12.1 Å². The van der Waals surface area contributed by atoms with E-state index in [2.05, 4.69) is 32.3 Å². The number of benzene rings is 1. The van der Waals surface area contributed by atoms with Crippen LogP contribution in [0.2, 0.25) is 0 Å². The largest absolute Gasteiger partial charge is 0.416 e. The van der Waals surface area contributed by atoms with Crippen LogP contribution in [-0.2, 0) is 12.7 Å². The first kappa shape index (κ1) is 27.0. The summed E-state index contributed by atoms with van der Waals surface area (Å²) < 4.78 is 38.5. The lowest BCUT2D eigenvalue weighted by atomic mass is 10.1. The third-order valence-corrected chi connectivity index (χ3v) is 5.12. The van der Waals surface area contributed by atoms with Crippen molar-refractivity contribution in [3.8, 4) is 0 Å². The number of alkyl halides is 3. The molecule has 1 aliphatic rings. The number of likely N-dealkylation sites (N-methyl/N-ethyl adjacent to an activating group) is 1. The van der Waals surface area contributed by atoms with Gasteiger partial charge in [0.2, 0.25) is 0 Å². The highest BCUT2D eigenvalue weighted by molar-refractivity contribution is 14.0. The van der Waals surface area contributed by atoms with Crippen molar-refractivity contribution in [2.24, 2.45) is 4.99 Å². The van der Waals surface area contributed by atoms with E-state index in [0.717, 1.165) is 70.8 Å². The first-order chi connectivity index (χ1) is 13.9. The molecule has 0 aliphatic carbocycles. The fourth-order valence-electron chi connectivity index (χ4n) is 3.35. The average Bonchev–Trinajstić information content (AvgIpc) is 2.71. The lowest BCUT2D eigenvalue weighted by molar-refractivity contribution is -0.137. The second-order valence-electron chi connectivity index (χ2n) is 7.30. The zero-order chi connectivity index (χ0) is 21.1.